The van der Waals surface area contributed by atoms with Crippen molar-refractivity contribution in [1.82, 2.24) is 24.6 Å². The summed E-state index contributed by atoms with van der Waals surface area (Å²) in [7, 11) is 0. The molecule has 2 aromatic heterocycles. The van der Waals surface area contributed by atoms with E-state index in [1.807, 2.05) is 29.3 Å². The molecule has 28 heavy (non-hydrogen) atoms. The summed E-state index contributed by atoms with van der Waals surface area (Å²) in [5.41, 5.74) is 5.47. The molecule has 0 atom stereocenters. The lowest BCUT2D eigenvalue weighted by Crippen LogP contribution is -2.57. The minimum absolute atomic E-state index is 0.00636. The predicted octanol–water partition coefficient (Wildman–Crippen LogP) is 2.67. The molecule has 0 aliphatic carbocycles. The van der Waals surface area contributed by atoms with Crippen LogP contribution in [0.1, 0.15) is 45.7 Å². The van der Waals surface area contributed by atoms with Crippen LogP contribution in [0.4, 0.5) is 0 Å². The van der Waals surface area contributed by atoms with Gasteiger partial charge in [-0.1, -0.05) is 24.3 Å². The summed E-state index contributed by atoms with van der Waals surface area (Å²) in [5, 5.41) is 3.76. The smallest absolute Gasteiger partial charge is 0.274 e. The summed E-state index contributed by atoms with van der Waals surface area (Å²) in [4.78, 5) is 23.9. The molecule has 0 radical (unpaired) electrons. The van der Waals surface area contributed by atoms with Crippen molar-refractivity contribution >= 4 is 11.7 Å². The van der Waals surface area contributed by atoms with Crippen molar-refractivity contribution in [3.8, 4) is 0 Å². The normalized spacial score (nSPS) is 18.4. The number of fused-ring (bicyclic) bond motifs is 2. The van der Waals surface area contributed by atoms with Crippen molar-refractivity contribution in [2.24, 2.45) is 0 Å². The molecule has 0 bridgehead atoms. The first-order chi connectivity index (χ1) is 13.5. The fraction of sp³-hybridized carbons (Fsp3) is 0.409. The van der Waals surface area contributed by atoms with Crippen LogP contribution < -0.4 is 5.32 Å². The van der Waals surface area contributed by atoms with Crippen molar-refractivity contribution in [2.45, 2.75) is 45.2 Å². The maximum Gasteiger partial charge on any atom is 0.274 e. The zero-order chi connectivity index (χ0) is 19.3. The number of likely N-dealkylation sites (tertiary alicyclic amines) is 1. The Hall–Kier alpha value is -2.73. The highest BCUT2D eigenvalue weighted by molar-refractivity contribution is 5.92. The second-order valence-corrected chi connectivity index (χ2v) is 8.21. The SMILES string of the molecule is Cc1cn2cc(C(=O)N3CCC4(CC3)Cc3ccccc3CN4)nc2nc1C. The summed E-state index contributed by atoms with van der Waals surface area (Å²) in [6.07, 6.45) is 6.77. The van der Waals surface area contributed by atoms with E-state index in [1.165, 1.54) is 11.1 Å². The topological polar surface area (TPSA) is 62.5 Å². The average molecular weight is 375 g/mol. The number of nitrogens with one attached hydrogen (secondary N) is 1. The molecule has 1 N–H and O–H groups in total. The molecular weight excluding hydrogens is 350 g/mol. The molecule has 0 unspecified atom stereocenters. The van der Waals surface area contributed by atoms with Crippen LogP contribution in [0, 0.1) is 13.8 Å². The van der Waals surface area contributed by atoms with Crippen LogP contribution >= 0.6 is 0 Å². The average Bonchev–Trinajstić information content (AvgIpc) is 3.11. The van der Waals surface area contributed by atoms with Crippen molar-refractivity contribution in [1.29, 1.82) is 0 Å². The van der Waals surface area contributed by atoms with Gasteiger partial charge in [-0.05, 0) is 49.8 Å². The molecule has 144 valence electrons. The van der Waals surface area contributed by atoms with Crippen LogP contribution in [0.5, 0.6) is 0 Å². The van der Waals surface area contributed by atoms with Crippen LogP contribution in [0.25, 0.3) is 5.78 Å². The Balaban J connectivity index is 1.31. The maximum atomic E-state index is 13.0. The number of rotatable bonds is 1. The van der Waals surface area contributed by atoms with Crippen LogP contribution in [0.15, 0.2) is 36.7 Å². The van der Waals surface area contributed by atoms with Crippen LogP contribution in [0.3, 0.4) is 0 Å². The van der Waals surface area contributed by atoms with Gasteiger partial charge in [0.05, 0.1) is 0 Å². The minimum atomic E-state index is 0.00636. The number of hydrogen-bond donors (Lipinski definition) is 1. The van der Waals surface area contributed by atoms with E-state index in [2.05, 4.69) is 39.6 Å². The zero-order valence-electron chi connectivity index (χ0n) is 16.4. The summed E-state index contributed by atoms with van der Waals surface area (Å²) in [5.74, 6) is 0.595. The molecule has 6 nitrogen and oxygen atoms in total. The summed E-state index contributed by atoms with van der Waals surface area (Å²) < 4.78 is 1.85. The second-order valence-electron chi connectivity index (χ2n) is 8.21. The molecular formula is C22H25N5O. The lowest BCUT2D eigenvalue weighted by molar-refractivity contribution is 0.0626. The van der Waals surface area contributed by atoms with Gasteiger partial charge >= 0.3 is 0 Å². The second kappa shape index (κ2) is 6.41. The summed E-state index contributed by atoms with van der Waals surface area (Å²) in [6, 6.07) is 8.67. The quantitative estimate of drug-likeness (QED) is 0.710. The number of benzene rings is 1. The molecule has 1 saturated heterocycles. The molecule has 2 aliphatic rings. The van der Waals surface area contributed by atoms with Gasteiger partial charge in [-0.2, -0.15) is 0 Å². The highest BCUT2D eigenvalue weighted by atomic mass is 16.2. The Morgan fingerprint density at radius 3 is 2.61 bits per heavy atom. The highest BCUT2D eigenvalue weighted by Gasteiger charge is 2.38. The number of aromatic nitrogens is 3. The number of imidazole rings is 1. The molecule has 1 amide bonds. The van der Waals surface area contributed by atoms with Gasteiger partial charge in [0.2, 0.25) is 5.78 Å². The Labute approximate surface area is 164 Å². The minimum Gasteiger partial charge on any atom is -0.337 e. The predicted molar refractivity (Wildman–Crippen MR) is 107 cm³/mol. The number of nitrogens with zero attached hydrogens (tertiary/aromatic N) is 4. The Morgan fingerprint density at radius 1 is 1.07 bits per heavy atom. The maximum absolute atomic E-state index is 13.0. The Kier molecular flexibility index (Phi) is 3.98. The van der Waals surface area contributed by atoms with Crippen molar-refractivity contribution < 1.29 is 4.79 Å². The third-order valence-electron chi connectivity index (χ3n) is 6.41. The molecule has 6 heteroatoms. The number of piperidine rings is 1. The monoisotopic (exact) mass is 375 g/mol. The van der Waals surface area contributed by atoms with E-state index < -0.39 is 0 Å². The molecule has 1 fully saturated rings. The molecule has 0 saturated carbocycles. The largest absolute Gasteiger partial charge is 0.337 e. The number of carbonyl (C=O) groups excluding carboxylic acids is 1. The van der Waals surface area contributed by atoms with Gasteiger partial charge in [-0.15, -0.1) is 0 Å². The van der Waals surface area contributed by atoms with Crippen molar-refractivity contribution in [3.05, 3.63) is 64.7 Å². The van der Waals surface area contributed by atoms with Gasteiger partial charge in [0.1, 0.15) is 5.69 Å². The molecule has 4 heterocycles. The highest BCUT2D eigenvalue weighted by Crippen LogP contribution is 2.32. The van der Waals surface area contributed by atoms with E-state index >= 15 is 0 Å². The van der Waals surface area contributed by atoms with E-state index in [0.717, 1.165) is 50.2 Å². The van der Waals surface area contributed by atoms with Gasteiger partial charge in [-0.25, -0.2) is 9.97 Å². The molecule has 2 aliphatic heterocycles. The lowest BCUT2D eigenvalue weighted by Gasteiger charge is -2.45. The van der Waals surface area contributed by atoms with Gasteiger partial charge in [0, 0.05) is 43.3 Å². The number of amides is 1. The lowest BCUT2D eigenvalue weighted by atomic mass is 9.78. The first kappa shape index (κ1) is 17.4. The number of hydrogen-bond acceptors (Lipinski definition) is 4. The van der Waals surface area contributed by atoms with E-state index in [9.17, 15) is 4.79 Å². The van der Waals surface area contributed by atoms with Crippen LogP contribution in [-0.4, -0.2) is 43.8 Å². The van der Waals surface area contributed by atoms with Crippen molar-refractivity contribution in [3.63, 3.8) is 0 Å². The van der Waals surface area contributed by atoms with Gasteiger partial charge in [-0.3, -0.25) is 9.20 Å². The standard InChI is InChI=1S/C22H25N5O/c1-15-13-27-14-19(25-21(27)24-16(15)2)20(28)26-9-7-22(8-10-26)11-17-5-3-4-6-18(17)12-23-22/h3-6,13-14,23H,7-12H2,1-2H3. The molecule has 1 spiro atoms. The first-order valence-electron chi connectivity index (χ1n) is 9.97. The third kappa shape index (κ3) is 2.88. The Bertz CT molecular complexity index is 1020. The van der Waals surface area contributed by atoms with E-state index in [-0.39, 0.29) is 11.4 Å². The summed E-state index contributed by atoms with van der Waals surface area (Å²) in [6.45, 7) is 6.41. The first-order valence-corrected chi connectivity index (χ1v) is 9.97. The number of carbonyl (C=O) groups is 1. The van der Waals surface area contributed by atoms with E-state index in [1.54, 1.807) is 6.20 Å². The van der Waals surface area contributed by atoms with E-state index in [4.69, 9.17) is 0 Å². The van der Waals surface area contributed by atoms with Crippen molar-refractivity contribution in [2.75, 3.05) is 13.1 Å². The molecule has 5 rings (SSSR count). The van der Waals surface area contributed by atoms with Gasteiger partial charge in [0.15, 0.2) is 0 Å². The van der Waals surface area contributed by atoms with Crippen LogP contribution in [-0.2, 0) is 13.0 Å². The van der Waals surface area contributed by atoms with E-state index in [0.29, 0.717) is 11.5 Å². The Morgan fingerprint density at radius 2 is 1.82 bits per heavy atom. The zero-order valence-corrected chi connectivity index (χ0v) is 16.4. The molecule has 3 aromatic rings. The molecule has 1 aromatic carbocycles. The van der Waals surface area contributed by atoms with Gasteiger partial charge in [0.25, 0.3) is 5.91 Å². The fourth-order valence-electron chi connectivity index (χ4n) is 4.47. The van der Waals surface area contributed by atoms with Crippen LogP contribution in [0.2, 0.25) is 0 Å². The fourth-order valence-corrected chi connectivity index (χ4v) is 4.47. The number of aryl methyl sites for hydroxylation is 2. The summed E-state index contributed by atoms with van der Waals surface area (Å²) >= 11 is 0. The van der Waals surface area contributed by atoms with Gasteiger partial charge < -0.3 is 10.2 Å². The third-order valence-corrected chi connectivity index (χ3v) is 6.41.